The normalized spacial score (nSPS) is 15.3. The lowest BCUT2D eigenvalue weighted by molar-refractivity contribution is -0.121. The van der Waals surface area contributed by atoms with Crippen LogP contribution >= 0.6 is 0 Å². The molecule has 1 aliphatic rings. The van der Waals surface area contributed by atoms with Crippen molar-refractivity contribution in [1.82, 2.24) is 10.6 Å². The Morgan fingerprint density at radius 3 is 2.89 bits per heavy atom. The van der Waals surface area contributed by atoms with Crippen molar-refractivity contribution >= 4 is 11.9 Å². The minimum atomic E-state index is 0.126. The zero-order chi connectivity index (χ0) is 13.9. The van der Waals surface area contributed by atoms with E-state index >= 15 is 0 Å². The Kier molecular flexibility index (Phi) is 7.97. The lowest BCUT2D eigenvalue weighted by Gasteiger charge is -2.05. The van der Waals surface area contributed by atoms with Gasteiger partial charge in [0.15, 0.2) is 5.96 Å². The molecule has 4 N–H and O–H groups in total. The van der Waals surface area contributed by atoms with Gasteiger partial charge in [-0.25, -0.2) is 0 Å². The number of amides is 1. The van der Waals surface area contributed by atoms with Gasteiger partial charge in [0.05, 0.1) is 0 Å². The van der Waals surface area contributed by atoms with Gasteiger partial charge < -0.3 is 21.1 Å². The van der Waals surface area contributed by atoms with Gasteiger partial charge in [0, 0.05) is 38.8 Å². The number of hydrogen-bond donors (Lipinski definition) is 3. The first-order valence-electron chi connectivity index (χ1n) is 7.13. The molecular formula is C13H26N4O2. The number of hydrogen-bond acceptors (Lipinski definition) is 3. The third-order valence-electron chi connectivity index (χ3n) is 2.76. The topological polar surface area (TPSA) is 88.7 Å². The SMILES string of the molecule is CCOCCCNC(N)=NCCCC(=O)NC1CC1. The highest BCUT2D eigenvalue weighted by atomic mass is 16.5. The summed E-state index contributed by atoms with van der Waals surface area (Å²) in [6.07, 6.45) is 4.43. The minimum Gasteiger partial charge on any atom is -0.382 e. The second-order valence-electron chi connectivity index (χ2n) is 4.69. The summed E-state index contributed by atoms with van der Waals surface area (Å²) < 4.78 is 5.21. The predicted molar refractivity (Wildman–Crippen MR) is 76.0 cm³/mol. The van der Waals surface area contributed by atoms with E-state index in [0.29, 0.717) is 25.0 Å². The first-order chi connectivity index (χ1) is 9.22. The molecule has 6 nitrogen and oxygen atoms in total. The van der Waals surface area contributed by atoms with Gasteiger partial charge >= 0.3 is 0 Å². The monoisotopic (exact) mass is 270 g/mol. The Balaban J connectivity index is 1.92. The smallest absolute Gasteiger partial charge is 0.220 e. The Labute approximate surface area is 115 Å². The molecule has 0 spiro atoms. The van der Waals surface area contributed by atoms with Crippen molar-refractivity contribution in [2.75, 3.05) is 26.3 Å². The average Bonchev–Trinajstić information content (AvgIpc) is 3.18. The molecule has 110 valence electrons. The maximum absolute atomic E-state index is 11.4. The number of rotatable bonds is 10. The molecule has 19 heavy (non-hydrogen) atoms. The molecule has 0 aromatic rings. The van der Waals surface area contributed by atoms with Crippen molar-refractivity contribution < 1.29 is 9.53 Å². The van der Waals surface area contributed by atoms with Crippen LogP contribution in [0.2, 0.25) is 0 Å². The highest BCUT2D eigenvalue weighted by Gasteiger charge is 2.22. The van der Waals surface area contributed by atoms with Crippen LogP contribution in [-0.4, -0.2) is 44.2 Å². The number of nitrogens with two attached hydrogens (primary N) is 1. The van der Waals surface area contributed by atoms with Gasteiger partial charge in [0.1, 0.15) is 0 Å². The van der Waals surface area contributed by atoms with Crippen molar-refractivity contribution in [3.05, 3.63) is 0 Å². The molecule has 0 aliphatic heterocycles. The van der Waals surface area contributed by atoms with Crippen molar-refractivity contribution in [2.45, 2.75) is 45.1 Å². The van der Waals surface area contributed by atoms with Gasteiger partial charge in [-0.2, -0.15) is 0 Å². The number of nitrogens with one attached hydrogen (secondary N) is 2. The third-order valence-corrected chi connectivity index (χ3v) is 2.76. The second kappa shape index (κ2) is 9.61. The van der Waals surface area contributed by atoms with E-state index in [4.69, 9.17) is 10.5 Å². The molecule has 0 aromatic carbocycles. The van der Waals surface area contributed by atoms with Crippen LogP contribution < -0.4 is 16.4 Å². The summed E-state index contributed by atoms with van der Waals surface area (Å²) in [5, 5.41) is 5.97. The van der Waals surface area contributed by atoms with Gasteiger partial charge in [0.25, 0.3) is 0 Å². The highest BCUT2D eigenvalue weighted by molar-refractivity contribution is 5.78. The zero-order valence-electron chi connectivity index (χ0n) is 11.8. The number of ether oxygens (including phenoxy) is 1. The van der Waals surface area contributed by atoms with Gasteiger partial charge in [-0.05, 0) is 32.6 Å². The lowest BCUT2D eigenvalue weighted by Crippen LogP contribution is -2.33. The van der Waals surface area contributed by atoms with E-state index in [1.165, 1.54) is 0 Å². The number of aliphatic imine (C=N–C) groups is 1. The highest BCUT2D eigenvalue weighted by Crippen LogP contribution is 2.18. The first kappa shape index (κ1) is 15.8. The average molecular weight is 270 g/mol. The molecule has 0 aromatic heterocycles. The molecule has 0 heterocycles. The van der Waals surface area contributed by atoms with E-state index in [2.05, 4.69) is 15.6 Å². The van der Waals surface area contributed by atoms with Crippen LogP contribution in [0.4, 0.5) is 0 Å². The van der Waals surface area contributed by atoms with Crippen LogP contribution in [0, 0.1) is 0 Å². The Bertz CT molecular complexity index is 290. The quantitative estimate of drug-likeness (QED) is 0.304. The summed E-state index contributed by atoms with van der Waals surface area (Å²) in [4.78, 5) is 15.6. The lowest BCUT2D eigenvalue weighted by atomic mass is 10.3. The summed E-state index contributed by atoms with van der Waals surface area (Å²) in [5.41, 5.74) is 5.69. The van der Waals surface area contributed by atoms with Crippen molar-refractivity contribution in [1.29, 1.82) is 0 Å². The molecule has 0 atom stereocenters. The van der Waals surface area contributed by atoms with Crippen LogP contribution in [-0.2, 0) is 9.53 Å². The fourth-order valence-electron chi connectivity index (χ4n) is 1.56. The fourth-order valence-corrected chi connectivity index (χ4v) is 1.56. The van der Waals surface area contributed by atoms with E-state index in [1.807, 2.05) is 6.92 Å². The number of carbonyl (C=O) groups is 1. The van der Waals surface area contributed by atoms with Crippen LogP contribution in [0.25, 0.3) is 0 Å². The van der Waals surface area contributed by atoms with E-state index < -0.39 is 0 Å². The van der Waals surface area contributed by atoms with Crippen molar-refractivity contribution in [2.24, 2.45) is 10.7 Å². The van der Waals surface area contributed by atoms with Crippen LogP contribution in [0.3, 0.4) is 0 Å². The van der Waals surface area contributed by atoms with Crippen LogP contribution in [0.15, 0.2) is 4.99 Å². The first-order valence-corrected chi connectivity index (χ1v) is 7.13. The maximum atomic E-state index is 11.4. The molecule has 0 radical (unpaired) electrons. The Morgan fingerprint density at radius 1 is 1.42 bits per heavy atom. The summed E-state index contributed by atoms with van der Waals surface area (Å²) in [7, 11) is 0. The number of carbonyl (C=O) groups excluding carboxylic acids is 1. The van der Waals surface area contributed by atoms with E-state index in [9.17, 15) is 4.79 Å². The summed E-state index contributed by atoms with van der Waals surface area (Å²) in [6, 6.07) is 0.438. The molecular weight excluding hydrogens is 244 g/mol. The molecule has 0 bridgehead atoms. The van der Waals surface area contributed by atoms with Gasteiger partial charge in [-0.1, -0.05) is 0 Å². The Morgan fingerprint density at radius 2 is 2.21 bits per heavy atom. The Hall–Kier alpha value is -1.30. The van der Waals surface area contributed by atoms with Crippen LogP contribution in [0.1, 0.15) is 39.0 Å². The largest absolute Gasteiger partial charge is 0.382 e. The number of nitrogens with zero attached hydrogens (tertiary/aromatic N) is 1. The summed E-state index contributed by atoms with van der Waals surface area (Å²) in [5.74, 6) is 0.569. The van der Waals surface area contributed by atoms with Crippen molar-refractivity contribution in [3.8, 4) is 0 Å². The third kappa shape index (κ3) is 9.30. The molecule has 0 saturated heterocycles. The van der Waals surface area contributed by atoms with Gasteiger partial charge in [-0.15, -0.1) is 0 Å². The van der Waals surface area contributed by atoms with Gasteiger partial charge in [0.2, 0.25) is 5.91 Å². The zero-order valence-corrected chi connectivity index (χ0v) is 11.8. The second-order valence-corrected chi connectivity index (χ2v) is 4.69. The summed E-state index contributed by atoms with van der Waals surface area (Å²) >= 11 is 0. The van der Waals surface area contributed by atoms with Gasteiger partial charge in [-0.3, -0.25) is 9.79 Å². The molecule has 1 aliphatic carbocycles. The standard InChI is InChI=1S/C13H26N4O2/c1-2-19-10-4-9-16-13(14)15-8-3-5-12(18)17-11-6-7-11/h11H,2-10H2,1H3,(H,17,18)(H3,14,15,16). The van der Waals surface area contributed by atoms with E-state index in [0.717, 1.165) is 45.4 Å². The molecule has 0 unspecified atom stereocenters. The van der Waals surface area contributed by atoms with Crippen molar-refractivity contribution in [3.63, 3.8) is 0 Å². The summed E-state index contributed by atoms with van der Waals surface area (Å²) in [6.45, 7) is 4.80. The molecule has 1 fully saturated rings. The van der Waals surface area contributed by atoms with E-state index in [1.54, 1.807) is 0 Å². The van der Waals surface area contributed by atoms with E-state index in [-0.39, 0.29) is 5.91 Å². The molecule has 1 amide bonds. The maximum Gasteiger partial charge on any atom is 0.220 e. The minimum absolute atomic E-state index is 0.126. The molecule has 1 saturated carbocycles. The van der Waals surface area contributed by atoms with Crippen LogP contribution in [0.5, 0.6) is 0 Å². The fraction of sp³-hybridized carbons (Fsp3) is 0.846. The number of guanidine groups is 1. The molecule has 1 rings (SSSR count). The molecule has 6 heteroatoms. The predicted octanol–water partition coefficient (Wildman–Crippen LogP) is 0.376.